The molecule has 0 atom stereocenters. The molecule has 1 N–H and O–H groups in total. The molecule has 160 valence electrons. The first kappa shape index (κ1) is 21.4. The molecule has 1 saturated carbocycles. The fourth-order valence-corrected chi connectivity index (χ4v) is 4.07. The zero-order chi connectivity index (χ0) is 21.8. The van der Waals surface area contributed by atoms with Crippen molar-refractivity contribution >= 4 is 40.7 Å². The van der Waals surface area contributed by atoms with Crippen molar-refractivity contribution < 1.29 is 14.3 Å². The molecular weight excluding hydrogens is 436 g/mol. The number of nitrogens with zero attached hydrogens (tertiary/aromatic N) is 3. The lowest BCUT2D eigenvalue weighted by molar-refractivity contribution is -0.113. The fourth-order valence-electron chi connectivity index (χ4n) is 3.05. The van der Waals surface area contributed by atoms with Gasteiger partial charge in [0.1, 0.15) is 12.4 Å². The smallest absolute Gasteiger partial charge is 0.234 e. The van der Waals surface area contributed by atoms with Crippen molar-refractivity contribution in [3.63, 3.8) is 0 Å². The lowest BCUT2D eigenvalue weighted by Crippen LogP contribution is -2.15. The molecule has 0 aliphatic heterocycles. The molecule has 1 aliphatic carbocycles. The minimum Gasteiger partial charge on any atom is -0.484 e. The number of carbonyl (C=O) groups is 2. The summed E-state index contributed by atoms with van der Waals surface area (Å²) in [6.45, 7) is 1.74. The second-order valence-corrected chi connectivity index (χ2v) is 8.54. The molecule has 0 unspecified atom stereocenters. The van der Waals surface area contributed by atoms with Gasteiger partial charge in [-0.05, 0) is 44.0 Å². The van der Waals surface area contributed by atoms with E-state index in [-0.39, 0.29) is 24.1 Å². The third kappa shape index (κ3) is 5.45. The number of ether oxygens (including phenoxy) is 1. The molecule has 9 heteroatoms. The van der Waals surface area contributed by atoms with Crippen molar-refractivity contribution in [3.8, 4) is 5.75 Å². The molecule has 0 spiro atoms. The Morgan fingerprint density at radius 3 is 2.74 bits per heavy atom. The van der Waals surface area contributed by atoms with Gasteiger partial charge in [-0.15, -0.1) is 10.2 Å². The molecule has 1 aromatic heterocycles. The summed E-state index contributed by atoms with van der Waals surface area (Å²) in [6.07, 6.45) is 2.10. The Morgan fingerprint density at radius 2 is 2.00 bits per heavy atom. The van der Waals surface area contributed by atoms with Crippen molar-refractivity contribution in [2.75, 3.05) is 11.1 Å². The molecule has 1 aliphatic rings. The predicted octanol–water partition coefficient (Wildman–Crippen LogP) is 4.78. The minimum absolute atomic E-state index is 0.0467. The van der Waals surface area contributed by atoms with Crippen LogP contribution in [0.1, 0.15) is 42.0 Å². The third-order valence-electron chi connectivity index (χ3n) is 4.73. The van der Waals surface area contributed by atoms with Gasteiger partial charge < -0.3 is 10.1 Å². The average molecular weight is 457 g/mol. The van der Waals surface area contributed by atoms with Crippen LogP contribution in [0.2, 0.25) is 5.02 Å². The standard InChI is InChI=1S/C22H21ClN4O3S/c1-14(28)15-5-4-6-16(11-15)24-21(29)13-31-22-26-25-20(27(22)17-9-10-17)12-30-19-8-3-2-7-18(19)23/h2-8,11,17H,9-10,12-13H2,1H3,(H,24,29). The van der Waals surface area contributed by atoms with Crippen LogP contribution in [0, 0.1) is 0 Å². The summed E-state index contributed by atoms with van der Waals surface area (Å²) in [6, 6.07) is 14.5. The molecule has 0 bridgehead atoms. The van der Waals surface area contributed by atoms with E-state index in [9.17, 15) is 9.59 Å². The van der Waals surface area contributed by atoms with Crippen molar-refractivity contribution in [2.24, 2.45) is 0 Å². The number of amides is 1. The zero-order valence-corrected chi connectivity index (χ0v) is 18.4. The summed E-state index contributed by atoms with van der Waals surface area (Å²) in [5.74, 6) is 1.26. The quantitative estimate of drug-likeness (QED) is 0.368. The van der Waals surface area contributed by atoms with Crippen LogP contribution in [0.4, 0.5) is 5.69 Å². The Morgan fingerprint density at radius 1 is 1.19 bits per heavy atom. The van der Waals surface area contributed by atoms with Crippen LogP contribution in [0.3, 0.4) is 0 Å². The van der Waals surface area contributed by atoms with E-state index in [1.807, 2.05) is 16.7 Å². The summed E-state index contributed by atoms with van der Waals surface area (Å²) in [7, 11) is 0. The number of thioether (sulfide) groups is 1. The number of benzene rings is 2. The van der Waals surface area contributed by atoms with Crippen molar-refractivity contribution in [3.05, 3.63) is 64.9 Å². The van der Waals surface area contributed by atoms with E-state index >= 15 is 0 Å². The number of ketones is 1. The van der Waals surface area contributed by atoms with Gasteiger partial charge in [-0.1, -0.05) is 47.6 Å². The van der Waals surface area contributed by atoms with Crippen molar-refractivity contribution in [1.29, 1.82) is 0 Å². The number of Topliss-reactive ketones (excluding diaryl/α,β-unsaturated/α-hetero) is 1. The molecule has 1 heterocycles. The van der Waals surface area contributed by atoms with E-state index in [1.165, 1.54) is 18.7 Å². The molecule has 3 aromatic rings. The molecule has 2 aromatic carbocycles. The Hall–Kier alpha value is -2.84. The first-order valence-corrected chi connectivity index (χ1v) is 11.2. The maximum absolute atomic E-state index is 12.4. The topological polar surface area (TPSA) is 86.1 Å². The number of halogens is 1. The van der Waals surface area contributed by atoms with E-state index in [2.05, 4.69) is 15.5 Å². The summed E-state index contributed by atoms with van der Waals surface area (Å²) < 4.78 is 7.87. The van der Waals surface area contributed by atoms with Crippen LogP contribution in [0.15, 0.2) is 53.7 Å². The number of carbonyl (C=O) groups excluding carboxylic acids is 2. The van der Waals surface area contributed by atoms with Crippen LogP contribution in [-0.2, 0) is 11.4 Å². The Bertz CT molecular complexity index is 1110. The molecule has 0 saturated heterocycles. The van der Waals surface area contributed by atoms with Gasteiger partial charge >= 0.3 is 0 Å². The van der Waals surface area contributed by atoms with Crippen molar-refractivity contribution in [2.45, 2.75) is 37.6 Å². The Labute approximate surface area is 189 Å². The summed E-state index contributed by atoms with van der Waals surface area (Å²) >= 11 is 7.48. The normalized spacial score (nSPS) is 13.1. The minimum atomic E-state index is -0.176. The number of para-hydroxylation sites is 1. The number of hydrogen-bond acceptors (Lipinski definition) is 6. The highest BCUT2D eigenvalue weighted by Gasteiger charge is 2.30. The van der Waals surface area contributed by atoms with Gasteiger partial charge in [-0.2, -0.15) is 0 Å². The molecule has 1 amide bonds. The van der Waals surface area contributed by atoms with Crippen molar-refractivity contribution in [1.82, 2.24) is 14.8 Å². The van der Waals surface area contributed by atoms with Crippen LogP contribution >= 0.6 is 23.4 Å². The highest BCUT2D eigenvalue weighted by molar-refractivity contribution is 7.99. The predicted molar refractivity (Wildman–Crippen MR) is 120 cm³/mol. The zero-order valence-electron chi connectivity index (χ0n) is 16.9. The van der Waals surface area contributed by atoms with Gasteiger partial charge in [0, 0.05) is 17.3 Å². The number of aromatic nitrogens is 3. The molecule has 0 radical (unpaired) electrons. The first-order chi connectivity index (χ1) is 15.0. The fraction of sp³-hybridized carbons (Fsp3) is 0.273. The molecule has 4 rings (SSSR count). The van der Waals surface area contributed by atoms with E-state index in [0.717, 1.165) is 12.8 Å². The average Bonchev–Trinajstić information content (AvgIpc) is 3.52. The number of nitrogens with one attached hydrogen (secondary N) is 1. The van der Waals surface area contributed by atoms with Crippen LogP contribution < -0.4 is 10.1 Å². The number of anilines is 1. The molecule has 7 nitrogen and oxygen atoms in total. The van der Waals surface area contributed by atoms with Gasteiger partial charge in [0.15, 0.2) is 16.8 Å². The van der Waals surface area contributed by atoms with E-state index in [1.54, 1.807) is 36.4 Å². The van der Waals surface area contributed by atoms with Gasteiger partial charge in [0.05, 0.1) is 10.8 Å². The third-order valence-corrected chi connectivity index (χ3v) is 5.98. The lowest BCUT2D eigenvalue weighted by Gasteiger charge is -2.11. The largest absolute Gasteiger partial charge is 0.484 e. The molecule has 31 heavy (non-hydrogen) atoms. The van der Waals surface area contributed by atoms with Gasteiger partial charge in [-0.3, -0.25) is 14.2 Å². The van der Waals surface area contributed by atoms with E-state index in [0.29, 0.717) is 39.0 Å². The second-order valence-electron chi connectivity index (χ2n) is 7.19. The van der Waals surface area contributed by atoms with Crippen LogP contribution in [-0.4, -0.2) is 32.2 Å². The summed E-state index contributed by atoms with van der Waals surface area (Å²) in [5.41, 5.74) is 1.15. The monoisotopic (exact) mass is 456 g/mol. The maximum Gasteiger partial charge on any atom is 0.234 e. The second kappa shape index (κ2) is 9.53. The number of hydrogen-bond donors (Lipinski definition) is 1. The summed E-state index contributed by atoms with van der Waals surface area (Å²) in [5, 5.41) is 12.6. The summed E-state index contributed by atoms with van der Waals surface area (Å²) in [4.78, 5) is 23.9. The van der Waals surface area contributed by atoms with E-state index in [4.69, 9.17) is 16.3 Å². The van der Waals surface area contributed by atoms with Gasteiger partial charge in [-0.25, -0.2) is 0 Å². The number of rotatable bonds is 9. The lowest BCUT2D eigenvalue weighted by atomic mass is 10.1. The van der Waals surface area contributed by atoms with Crippen LogP contribution in [0.25, 0.3) is 0 Å². The SMILES string of the molecule is CC(=O)c1cccc(NC(=O)CSc2nnc(COc3ccccc3Cl)n2C2CC2)c1. The first-order valence-electron chi connectivity index (χ1n) is 9.86. The van der Waals surface area contributed by atoms with E-state index < -0.39 is 0 Å². The van der Waals surface area contributed by atoms with Crippen LogP contribution in [0.5, 0.6) is 5.75 Å². The Balaban J connectivity index is 1.38. The Kier molecular flexibility index (Phi) is 6.58. The highest BCUT2D eigenvalue weighted by Crippen LogP contribution is 2.39. The highest BCUT2D eigenvalue weighted by atomic mass is 35.5. The van der Waals surface area contributed by atoms with Gasteiger partial charge in [0.2, 0.25) is 5.91 Å². The molecule has 1 fully saturated rings. The molecular formula is C22H21ClN4O3S. The van der Waals surface area contributed by atoms with Gasteiger partial charge in [0.25, 0.3) is 0 Å². The maximum atomic E-state index is 12.4.